The first-order chi connectivity index (χ1) is 14.3. The van der Waals surface area contributed by atoms with Crippen molar-refractivity contribution in [2.75, 3.05) is 31.6 Å². The molecule has 1 aliphatic rings. The van der Waals surface area contributed by atoms with E-state index in [0.717, 1.165) is 48.0 Å². The van der Waals surface area contributed by atoms with Crippen molar-refractivity contribution in [3.63, 3.8) is 0 Å². The van der Waals surface area contributed by atoms with Crippen molar-refractivity contribution in [1.82, 2.24) is 25.5 Å². The number of anilines is 1. The first kappa shape index (κ1) is 17.6. The van der Waals surface area contributed by atoms with Crippen molar-refractivity contribution in [1.29, 1.82) is 0 Å². The number of pyridine rings is 2. The normalized spacial score (nSPS) is 16.9. The highest BCUT2D eigenvalue weighted by molar-refractivity contribution is 5.89. The van der Waals surface area contributed by atoms with Gasteiger partial charge < -0.3 is 15.0 Å². The second kappa shape index (κ2) is 7.52. The van der Waals surface area contributed by atoms with Crippen LogP contribution in [0.5, 0.6) is 5.75 Å². The Hall–Kier alpha value is -3.45. The molecule has 7 heteroatoms. The van der Waals surface area contributed by atoms with Crippen molar-refractivity contribution in [2.45, 2.75) is 6.04 Å². The number of ether oxygens (including phenoxy) is 1. The molecule has 1 saturated heterocycles. The number of rotatable bonds is 4. The summed E-state index contributed by atoms with van der Waals surface area (Å²) in [6, 6.07) is 18.5. The number of H-pyrrole nitrogens is 1. The third kappa shape index (κ3) is 3.40. The number of methoxy groups -OCH3 is 1. The van der Waals surface area contributed by atoms with E-state index in [9.17, 15) is 0 Å². The summed E-state index contributed by atoms with van der Waals surface area (Å²) in [5.41, 5.74) is 3.69. The van der Waals surface area contributed by atoms with Gasteiger partial charge in [0, 0.05) is 34.1 Å². The van der Waals surface area contributed by atoms with Crippen molar-refractivity contribution in [3.05, 3.63) is 66.4 Å². The zero-order valence-corrected chi connectivity index (χ0v) is 16.2. The highest BCUT2D eigenvalue weighted by Crippen LogP contribution is 2.27. The Morgan fingerprint density at radius 1 is 1.14 bits per heavy atom. The molecule has 0 amide bonds. The SMILES string of the molecule is COc1cccc(C2CN(c3cccc(-c4[nH]nc5ncccc45)n3)CCN2)c1.[HH].[HH]. The summed E-state index contributed by atoms with van der Waals surface area (Å²) in [4.78, 5) is 11.5. The van der Waals surface area contributed by atoms with Crippen LogP contribution >= 0.6 is 0 Å². The summed E-state index contributed by atoms with van der Waals surface area (Å²) < 4.78 is 5.38. The predicted molar refractivity (Wildman–Crippen MR) is 117 cm³/mol. The Labute approximate surface area is 171 Å². The van der Waals surface area contributed by atoms with Crippen LogP contribution in [0.1, 0.15) is 14.5 Å². The van der Waals surface area contributed by atoms with E-state index in [1.54, 1.807) is 13.3 Å². The van der Waals surface area contributed by atoms with Crippen LogP contribution in [0.4, 0.5) is 5.82 Å². The minimum Gasteiger partial charge on any atom is -0.497 e. The number of aromatic nitrogens is 4. The van der Waals surface area contributed by atoms with Crippen LogP contribution in [0, 0.1) is 0 Å². The highest BCUT2D eigenvalue weighted by atomic mass is 16.5. The monoisotopic (exact) mass is 390 g/mol. The van der Waals surface area contributed by atoms with Crippen LogP contribution < -0.4 is 15.0 Å². The van der Waals surface area contributed by atoms with Gasteiger partial charge in [0.15, 0.2) is 5.65 Å². The number of nitrogens with one attached hydrogen (secondary N) is 2. The van der Waals surface area contributed by atoms with Gasteiger partial charge in [-0.25, -0.2) is 9.97 Å². The van der Waals surface area contributed by atoms with Crippen molar-refractivity contribution in [3.8, 4) is 17.1 Å². The van der Waals surface area contributed by atoms with E-state index in [4.69, 9.17) is 9.72 Å². The number of benzene rings is 1. The minimum absolute atomic E-state index is 0. The highest BCUT2D eigenvalue weighted by Gasteiger charge is 2.22. The lowest BCUT2D eigenvalue weighted by Gasteiger charge is -2.35. The Bertz CT molecular complexity index is 1150. The van der Waals surface area contributed by atoms with Crippen LogP contribution in [-0.2, 0) is 0 Å². The van der Waals surface area contributed by atoms with Gasteiger partial charge in [-0.3, -0.25) is 5.10 Å². The standard InChI is InChI=1S/C22H22N6O.2H2/c1-29-16-6-2-5-15(13-16)19-14-28(12-11-23-19)20-9-3-8-18(25-20)21-17-7-4-10-24-22(17)27-26-21;;/h2-10,13,19,23H,11-12,14H2,1H3,(H,24,26,27);2*1H. The lowest BCUT2D eigenvalue weighted by atomic mass is 10.0. The number of nitrogens with zero attached hydrogens (tertiary/aromatic N) is 4. The van der Waals surface area contributed by atoms with Crippen LogP contribution in [0.25, 0.3) is 22.4 Å². The second-order valence-electron chi connectivity index (χ2n) is 7.08. The molecule has 1 aliphatic heterocycles. The number of aromatic amines is 1. The number of hydrogen-bond acceptors (Lipinski definition) is 6. The largest absolute Gasteiger partial charge is 0.497 e. The number of fused-ring (bicyclic) bond motifs is 1. The molecule has 2 N–H and O–H groups in total. The first-order valence-electron chi connectivity index (χ1n) is 9.70. The molecule has 7 nitrogen and oxygen atoms in total. The Balaban J connectivity index is 0.00000136. The molecule has 1 fully saturated rings. The van der Waals surface area contributed by atoms with Gasteiger partial charge in [0.25, 0.3) is 0 Å². The Morgan fingerprint density at radius 3 is 3.00 bits per heavy atom. The van der Waals surface area contributed by atoms with Crippen LogP contribution in [0.3, 0.4) is 0 Å². The summed E-state index contributed by atoms with van der Waals surface area (Å²) in [5.74, 6) is 1.84. The van der Waals surface area contributed by atoms with E-state index in [2.05, 4.69) is 43.6 Å². The molecule has 1 aromatic carbocycles. The average Bonchev–Trinajstić information content (AvgIpc) is 3.23. The van der Waals surface area contributed by atoms with E-state index in [1.807, 2.05) is 36.4 Å². The average molecular weight is 390 g/mol. The molecule has 0 radical (unpaired) electrons. The van der Waals surface area contributed by atoms with E-state index < -0.39 is 0 Å². The maximum atomic E-state index is 5.38. The van der Waals surface area contributed by atoms with Crippen molar-refractivity contribution in [2.24, 2.45) is 0 Å². The fourth-order valence-electron chi connectivity index (χ4n) is 3.82. The van der Waals surface area contributed by atoms with Gasteiger partial charge in [-0.2, -0.15) is 5.10 Å². The predicted octanol–water partition coefficient (Wildman–Crippen LogP) is 3.67. The van der Waals surface area contributed by atoms with Gasteiger partial charge in [-0.15, -0.1) is 0 Å². The maximum absolute atomic E-state index is 5.38. The van der Waals surface area contributed by atoms with Crippen LogP contribution in [-0.4, -0.2) is 46.9 Å². The Kier molecular flexibility index (Phi) is 4.57. The molecule has 1 atom stereocenters. The van der Waals surface area contributed by atoms with Gasteiger partial charge in [-0.1, -0.05) is 18.2 Å². The first-order valence-corrected chi connectivity index (χ1v) is 9.70. The molecule has 0 aliphatic carbocycles. The molecule has 4 heterocycles. The molecule has 0 spiro atoms. The molecular formula is C22H26N6O. The van der Waals surface area contributed by atoms with E-state index in [1.165, 1.54) is 5.56 Å². The summed E-state index contributed by atoms with van der Waals surface area (Å²) in [5, 5.41) is 12.0. The van der Waals surface area contributed by atoms with Gasteiger partial charge in [0.2, 0.25) is 0 Å². The molecule has 150 valence electrons. The third-order valence-electron chi connectivity index (χ3n) is 5.32. The van der Waals surface area contributed by atoms with Crippen LogP contribution in [0.15, 0.2) is 60.8 Å². The second-order valence-corrected chi connectivity index (χ2v) is 7.08. The smallest absolute Gasteiger partial charge is 0.181 e. The molecule has 0 saturated carbocycles. The topological polar surface area (TPSA) is 79.0 Å². The van der Waals surface area contributed by atoms with Crippen molar-refractivity contribution < 1.29 is 7.59 Å². The lowest BCUT2D eigenvalue weighted by molar-refractivity contribution is 0.411. The summed E-state index contributed by atoms with van der Waals surface area (Å²) >= 11 is 0. The minimum atomic E-state index is 0. The zero-order chi connectivity index (χ0) is 19.6. The van der Waals surface area contributed by atoms with E-state index in [-0.39, 0.29) is 8.90 Å². The molecular weight excluding hydrogens is 364 g/mol. The fraction of sp³-hybridized carbons (Fsp3) is 0.227. The number of hydrogen-bond donors (Lipinski definition) is 2. The molecule has 0 bridgehead atoms. The molecule has 29 heavy (non-hydrogen) atoms. The molecule has 3 aromatic heterocycles. The Morgan fingerprint density at radius 2 is 2.07 bits per heavy atom. The summed E-state index contributed by atoms with van der Waals surface area (Å²) in [7, 11) is 1.70. The number of piperazine rings is 1. The summed E-state index contributed by atoms with van der Waals surface area (Å²) in [6.07, 6.45) is 1.75. The van der Waals surface area contributed by atoms with Gasteiger partial charge in [-0.05, 0) is 42.0 Å². The lowest BCUT2D eigenvalue weighted by Crippen LogP contribution is -2.46. The van der Waals surface area contributed by atoms with E-state index in [0.29, 0.717) is 5.65 Å². The third-order valence-corrected chi connectivity index (χ3v) is 5.32. The molecule has 5 rings (SSSR count). The quantitative estimate of drug-likeness (QED) is 0.554. The molecule has 1 unspecified atom stereocenters. The molecule has 4 aromatic rings. The summed E-state index contributed by atoms with van der Waals surface area (Å²) in [6.45, 7) is 2.64. The maximum Gasteiger partial charge on any atom is 0.181 e. The van der Waals surface area contributed by atoms with Gasteiger partial charge in [0.1, 0.15) is 11.6 Å². The van der Waals surface area contributed by atoms with Gasteiger partial charge in [0.05, 0.1) is 24.5 Å². The van der Waals surface area contributed by atoms with Gasteiger partial charge >= 0.3 is 0 Å². The zero-order valence-electron chi connectivity index (χ0n) is 16.2. The van der Waals surface area contributed by atoms with E-state index >= 15 is 0 Å². The van der Waals surface area contributed by atoms with Crippen LogP contribution in [0.2, 0.25) is 0 Å². The van der Waals surface area contributed by atoms with Crippen molar-refractivity contribution >= 4 is 16.9 Å². The fourth-order valence-corrected chi connectivity index (χ4v) is 3.82.